The Labute approximate surface area is 146 Å². The van der Waals surface area contributed by atoms with Crippen LogP contribution in [0.25, 0.3) is 0 Å². The molecule has 0 spiro atoms. The van der Waals surface area contributed by atoms with Gasteiger partial charge in [0.2, 0.25) is 0 Å². The summed E-state index contributed by atoms with van der Waals surface area (Å²) < 4.78 is 29.1. The van der Waals surface area contributed by atoms with Gasteiger partial charge >= 0.3 is 0 Å². The molecule has 2 saturated heterocycles. The minimum Gasteiger partial charge on any atom is -0.417 e. The van der Waals surface area contributed by atoms with Crippen LogP contribution in [0.15, 0.2) is 0 Å². The molecule has 0 bridgehead atoms. The third-order valence-electron chi connectivity index (χ3n) is 5.36. The van der Waals surface area contributed by atoms with Crippen LogP contribution in [0.2, 0.25) is 18.1 Å². The zero-order valence-corrected chi connectivity index (χ0v) is 17.3. The molecule has 1 N–H and O–H groups in total. The molecule has 142 valence electrons. The zero-order chi connectivity index (χ0) is 18.3. The Kier molecular flexibility index (Phi) is 5.87. The summed E-state index contributed by atoms with van der Waals surface area (Å²) in [5, 5.41) is 10.7. The molecule has 2 fully saturated rings. The second-order valence-electron chi connectivity index (χ2n) is 8.73. The molecule has 2 heterocycles. The lowest BCUT2D eigenvalue weighted by molar-refractivity contribution is -0.228. The summed E-state index contributed by atoms with van der Waals surface area (Å²) in [5.41, 5.74) is 0. The molecule has 0 aromatic carbocycles. The summed E-state index contributed by atoms with van der Waals surface area (Å²) >= 11 is 0. The first-order valence-corrected chi connectivity index (χ1v) is 11.6. The van der Waals surface area contributed by atoms with Gasteiger partial charge in [-0.15, -0.1) is 0 Å². The lowest BCUT2D eigenvalue weighted by Gasteiger charge is -2.36. The fourth-order valence-electron chi connectivity index (χ4n) is 2.90. The van der Waals surface area contributed by atoms with Gasteiger partial charge in [0.05, 0.1) is 6.10 Å². The van der Waals surface area contributed by atoms with Crippen molar-refractivity contribution >= 4 is 8.32 Å². The Hall–Kier alpha value is -0.0231. The summed E-state index contributed by atoms with van der Waals surface area (Å²) in [6.45, 7) is 15.2. The molecule has 24 heavy (non-hydrogen) atoms. The van der Waals surface area contributed by atoms with E-state index >= 15 is 0 Å². The number of methoxy groups -OCH3 is 1. The molecule has 0 unspecified atom stereocenters. The second-order valence-corrected chi connectivity index (χ2v) is 13.5. The Morgan fingerprint density at radius 2 is 1.83 bits per heavy atom. The maximum Gasteiger partial charge on any atom is 0.191 e. The molecule has 0 aromatic rings. The van der Waals surface area contributed by atoms with Gasteiger partial charge in [-0.2, -0.15) is 0 Å². The van der Waals surface area contributed by atoms with E-state index in [1.54, 1.807) is 7.11 Å². The van der Waals surface area contributed by atoms with Gasteiger partial charge in [-0.25, -0.2) is 0 Å². The van der Waals surface area contributed by atoms with E-state index in [1.807, 2.05) is 13.8 Å². The highest BCUT2D eigenvalue weighted by Gasteiger charge is 2.56. The Bertz CT molecular complexity index is 433. The third kappa shape index (κ3) is 4.20. The summed E-state index contributed by atoms with van der Waals surface area (Å²) in [6, 6.07) is 0. The van der Waals surface area contributed by atoms with Gasteiger partial charge in [0.15, 0.2) is 20.4 Å². The first-order valence-electron chi connectivity index (χ1n) is 8.74. The van der Waals surface area contributed by atoms with Gasteiger partial charge in [-0.1, -0.05) is 20.8 Å². The van der Waals surface area contributed by atoms with Crippen molar-refractivity contribution in [2.75, 3.05) is 13.7 Å². The highest BCUT2D eigenvalue weighted by molar-refractivity contribution is 6.74. The van der Waals surface area contributed by atoms with Crippen molar-refractivity contribution in [2.24, 2.45) is 0 Å². The minimum absolute atomic E-state index is 0.154. The van der Waals surface area contributed by atoms with E-state index in [1.165, 1.54) is 0 Å². The summed E-state index contributed by atoms with van der Waals surface area (Å²) in [6.07, 6.45) is -1.80. The molecule has 0 saturated carbocycles. The topological polar surface area (TPSA) is 66.4 Å². The van der Waals surface area contributed by atoms with Crippen molar-refractivity contribution in [1.82, 2.24) is 0 Å². The molecule has 2 rings (SSSR count). The van der Waals surface area contributed by atoms with Gasteiger partial charge in [-0.3, -0.25) is 0 Å². The molecular formula is C17H34O6Si. The molecule has 2 aliphatic rings. The van der Waals surface area contributed by atoms with E-state index < -0.39 is 32.6 Å². The van der Waals surface area contributed by atoms with Gasteiger partial charge in [-0.05, 0) is 38.4 Å². The van der Waals surface area contributed by atoms with Crippen molar-refractivity contribution in [3.63, 3.8) is 0 Å². The van der Waals surface area contributed by atoms with Crippen LogP contribution >= 0.6 is 0 Å². The Morgan fingerprint density at radius 3 is 2.38 bits per heavy atom. The smallest absolute Gasteiger partial charge is 0.191 e. The van der Waals surface area contributed by atoms with Crippen LogP contribution in [0, 0.1) is 0 Å². The van der Waals surface area contributed by atoms with Crippen molar-refractivity contribution < 1.29 is 28.5 Å². The van der Waals surface area contributed by atoms with E-state index in [4.69, 9.17) is 23.4 Å². The van der Waals surface area contributed by atoms with Gasteiger partial charge in [0.1, 0.15) is 18.3 Å². The maximum atomic E-state index is 10.6. The number of hydrogen-bond acceptors (Lipinski definition) is 6. The standard InChI is InChI=1S/C17H34O6Si/c1-16(2,3)24(7,8)20-10-9-11(18)12-13(19-6)14-15(21-12)23-17(4,5)22-14/h11-15,18H,9-10H2,1-8H3/t11-,12-,13+,14-,15-/m1/s1. The quantitative estimate of drug-likeness (QED) is 0.733. The number of rotatable bonds is 6. The first kappa shape index (κ1) is 20.3. The Morgan fingerprint density at radius 1 is 1.21 bits per heavy atom. The number of ether oxygens (including phenoxy) is 4. The van der Waals surface area contributed by atoms with Crippen LogP contribution in [-0.2, 0) is 23.4 Å². The zero-order valence-electron chi connectivity index (χ0n) is 16.3. The molecular weight excluding hydrogens is 328 g/mol. The van der Waals surface area contributed by atoms with Gasteiger partial charge in [0.25, 0.3) is 0 Å². The van der Waals surface area contributed by atoms with E-state index in [0.29, 0.717) is 13.0 Å². The second kappa shape index (κ2) is 6.94. The molecule has 2 aliphatic heterocycles. The van der Waals surface area contributed by atoms with Crippen LogP contribution in [-0.4, -0.2) is 63.6 Å². The van der Waals surface area contributed by atoms with Crippen LogP contribution in [0.3, 0.4) is 0 Å². The lowest BCUT2D eigenvalue weighted by atomic mass is 10.0. The van der Waals surface area contributed by atoms with E-state index in [2.05, 4.69) is 33.9 Å². The first-order chi connectivity index (χ1) is 10.9. The SMILES string of the molecule is CO[C@@H]1[C@H]2OC(C)(C)O[C@H]2O[C@@H]1[C@H](O)CCO[Si](C)(C)C(C)(C)C. The number of hydrogen-bond donors (Lipinski definition) is 1. The van der Waals surface area contributed by atoms with Crippen LogP contribution in [0.5, 0.6) is 0 Å². The molecule has 0 aliphatic carbocycles. The van der Waals surface area contributed by atoms with Crippen molar-refractivity contribution in [2.45, 2.75) is 95.7 Å². The van der Waals surface area contributed by atoms with Crippen LogP contribution in [0.4, 0.5) is 0 Å². The molecule has 5 atom stereocenters. The van der Waals surface area contributed by atoms with E-state index in [0.717, 1.165) is 0 Å². The average molecular weight is 363 g/mol. The Balaban J connectivity index is 1.88. The van der Waals surface area contributed by atoms with E-state index in [-0.39, 0.29) is 17.2 Å². The highest BCUT2D eigenvalue weighted by Crippen LogP contribution is 2.40. The highest BCUT2D eigenvalue weighted by atomic mass is 28.4. The molecule has 7 heteroatoms. The molecule has 6 nitrogen and oxygen atoms in total. The van der Waals surface area contributed by atoms with Crippen molar-refractivity contribution in [3.05, 3.63) is 0 Å². The predicted molar refractivity (Wildman–Crippen MR) is 93.3 cm³/mol. The van der Waals surface area contributed by atoms with E-state index in [9.17, 15) is 5.11 Å². The fourth-order valence-corrected chi connectivity index (χ4v) is 3.96. The molecule has 0 radical (unpaired) electrons. The van der Waals surface area contributed by atoms with Crippen LogP contribution in [0.1, 0.15) is 41.0 Å². The molecule has 0 amide bonds. The van der Waals surface area contributed by atoms with Gasteiger partial charge < -0.3 is 28.5 Å². The third-order valence-corrected chi connectivity index (χ3v) is 9.90. The fraction of sp³-hybridized carbons (Fsp3) is 1.00. The molecule has 0 aromatic heterocycles. The normalized spacial score (nSPS) is 34.4. The van der Waals surface area contributed by atoms with Gasteiger partial charge in [0, 0.05) is 13.7 Å². The van der Waals surface area contributed by atoms with Crippen molar-refractivity contribution in [1.29, 1.82) is 0 Å². The lowest BCUT2D eigenvalue weighted by Crippen LogP contribution is -2.44. The summed E-state index contributed by atoms with van der Waals surface area (Å²) in [7, 11) is -0.203. The number of aliphatic hydroxyl groups is 1. The monoisotopic (exact) mass is 362 g/mol. The number of fused-ring (bicyclic) bond motifs is 1. The van der Waals surface area contributed by atoms with Crippen molar-refractivity contribution in [3.8, 4) is 0 Å². The van der Waals surface area contributed by atoms with Crippen LogP contribution < -0.4 is 0 Å². The number of aliphatic hydroxyl groups excluding tert-OH is 1. The summed E-state index contributed by atoms with van der Waals surface area (Å²) in [4.78, 5) is 0. The summed E-state index contributed by atoms with van der Waals surface area (Å²) in [5.74, 6) is -0.687. The predicted octanol–water partition coefficient (Wildman–Crippen LogP) is 2.65. The maximum absolute atomic E-state index is 10.6. The average Bonchev–Trinajstić information content (AvgIpc) is 2.88. The largest absolute Gasteiger partial charge is 0.417 e. The minimum atomic E-state index is -1.81.